The number of hydrogen-bond donors (Lipinski definition) is 0. The SMILES string of the molecule is CCCOc1c(Br)cc(/C=C2/SC(=S)N(c3ccc(OCC)cc3)C2=O)cc1OCC. The van der Waals surface area contributed by atoms with Gasteiger partial charge < -0.3 is 14.2 Å². The van der Waals surface area contributed by atoms with E-state index in [1.54, 1.807) is 4.90 Å². The molecule has 0 atom stereocenters. The minimum absolute atomic E-state index is 0.153. The molecule has 8 heteroatoms. The summed E-state index contributed by atoms with van der Waals surface area (Å²) in [5, 5.41) is 0. The smallest absolute Gasteiger partial charge is 0.270 e. The molecule has 0 spiro atoms. The van der Waals surface area contributed by atoms with Crippen LogP contribution in [0.15, 0.2) is 45.8 Å². The Labute approximate surface area is 200 Å². The maximum atomic E-state index is 13.1. The summed E-state index contributed by atoms with van der Waals surface area (Å²) in [6.07, 6.45) is 2.72. The van der Waals surface area contributed by atoms with Gasteiger partial charge in [-0.3, -0.25) is 9.69 Å². The van der Waals surface area contributed by atoms with Crippen molar-refractivity contribution in [3.8, 4) is 17.2 Å². The molecule has 1 amide bonds. The number of carbonyl (C=O) groups excluding carboxylic acids is 1. The van der Waals surface area contributed by atoms with Gasteiger partial charge in [-0.2, -0.15) is 0 Å². The average molecular weight is 522 g/mol. The van der Waals surface area contributed by atoms with E-state index in [2.05, 4.69) is 22.9 Å². The third-order valence-corrected chi connectivity index (χ3v) is 6.17. The molecule has 164 valence electrons. The van der Waals surface area contributed by atoms with Crippen molar-refractivity contribution in [1.29, 1.82) is 0 Å². The minimum atomic E-state index is -0.153. The maximum absolute atomic E-state index is 13.1. The summed E-state index contributed by atoms with van der Waals surface area (Å²) >= 11 is 10.3. The number of nitrogens with zero attached hydrogens (tertiary/aromatic N) is 1. The second-order valence-electron chi connectivity index (χ2n) is 6.56. The van der Waals surface area contributed by atoms with E-state index in [1.807, 2.05) is 56.3 Å². The van der Waals surface area contributed by atoms with Crippen LogP contribution in [0.5, 0.6) is 17.2 Å². The molecule has 0 bridgehead atoms. The third-order valence-electron chi connectivity index (χ3n) is 4.28. The number of carbonyl (C=O) groups is 1. The highest BCUT2D eigenvalue weighted by atomic mass is 79.9. The van der Waals surface area contributed by atoms with Gasteiger partial charge in [0.05, 0.1) is 34.9 Å². The van der Waals surface area contributed by atoms with Gasteiger partial charge in [-0.25, -0.2) is 0 Å². The summed E-state index contributed by atoms with van der Waals surface area (Å²) in [7, 11) is 0. The van der Waals surface area contributed by atoms with E-state index in [0.717, 1.165) is 22.2 Å². The molecule has 0 N–H and O–H groups in total. The van der Waals surface area contributed by atoms with Crippen LogP contribution in [0.1, 0.15) is 32.8 Å². The zero-order valence-corrected chi connectivity index (χ0v) is 20.9. The van der Waals surface area contributed by atoms with Crippen molar-refractivity contribution in [2.24, 2.45) is 0 Å². The Kier molecular flexibility index (Phi) is 8.40. The Bertz CT molecular complexity index is 992. The predicted molar refractivity (Wildman–Crippen MR) is 134 cm³/mol. The van der Waals surface area contributed by atoms with Gasteiger partial charge in [0.2, 0.25) is 0 Å². The fraction of sp³-hybridized carbons (Fsp3) is 0.304. The van der Waals surface area contributed by atoms with Crippen LogP contribution in [0.25, 0.3) is 6.08 Å². The van der Waals surface area contributed by atoms with E-state index in [0.29, 0.717) is 46.2 Å². The van der Waals surface area contributed by atoms with E-state index < -0.39 is 0 Å². The molecule has 1 heterocycles. The van der Waals surface area contributed by atoms with Gasteiger partial charge in [-0.05, 0) is 84.2 Å². The first-order chi connectivity index (χ1) is 15.0. The summed E-state index contributed by atoms with van der Waals surface area (Å²) in [6.45, 7) is 7.60. The molecule has 3 rings (SSSR count). The van der Waals surface area contributed by atoms with Gasteiger partial charge >= 0.3 is 0 Å². The highest BCUT2D eigenvalue weighted by molar-refractivity contribution is 9.10. The van der Waals surface area contributed by atoms with Crippen LogP contribution < -0.4 is 19.1 Å². The van der Waals surface area contributed by atoms with Crippen molar-refractivity contribution >= 4 is 61.9 Å². The van der Waals surface area contributed by atoms with Crippen molar-refractivity contribution in [2.75, 3.05) is 24.7 Å². The van der Waals surface area contributed by atoms with Gasteiger partial charge in [-0.15, -0.1) is 0 Å². The lowest BCUT2D eigenvalue weighted by molar-refractivity contribution is -0.113. The van der Waals surface area contributed by atoms with Crippen LogP contribution in [0.4, 0.5) is 5.69 Å². The summed E-state index contributed by atoms with van der Waals surface area (Å²) in [5.41, 5.74) is 1.54. The fourth-order valence-corrected chi connectivity index (χ4v) is 4.85. The number of hydrogen-bond acceptors (Lipinski definition) is 6. The lowest BCUT2D eigenvalue weighted by Gasteiger charge is -2.15. The van der Waals surface area contributed by atoms with Crippen LogP contribution in [-0.2, 0) is 4.79 Å². The number of thioether (sulfide) groups is 1. The monoisotopic (exact) mass is 521 g/mol. The molecule has 1 saturated heterocycles. The van der Waals surface area contributed by atoms with Crippen molar-refractivity contribution < 1.29 is 19.0 Å². The molecule has 0 unspecified atom stereocenters. The maximum Gasteiger partial charge on any atom is 0.270 e. The van der Waals surface area contributed by atoms with E-state index in [4.69, 9.17) is 26.4 Å². The number of ether oxygens (including phenoxy) is 3. The molecule has 0 aliphatic carbocycles. The van der Waals surface area contributed by atoms with Gasteiger partial charge in [0.25, 0.3) is 5.91 Å². The Morgan fingerprint density at radius 3 is 2.42 bits per heavy atom. The van der Waals surface area contributed by atoms with Crippen molar-refractivity contribution in [2.45, 2.75) is 27.2 Å². The van der Waals surface area contributed by atoms with Crippen molar-refractivity contribution in [3.63, 3.8) is 0 Å². The molecule has 0 radical (unpaired) electrons. The zero-order valence-electron chi connectivity index (χ0n) is 17.6. The quantitative estimate of drug-likeness (QED) is 0.279. The molecule has 2 aromatic carbocycles. The highest BCUT2D eigenvalue weighted by Crippen LogP contribution is 2.40. The average Bonchev–Trinajstić information content (AvgIpc) is 3.01. The molecular weight excluding hydrogens is 498 g/mol. The topological polar surface area (TPSA) is 48.0 Å². The zero-order chi connectivity index (χ0) is 22.4. The first kappa shape index (κ1) is 23.6. The molecule has 0 aromatic heterocycles. The molecule has 1 aliphatic rings. The molecule has 31 heavy (non-hydrogen) atoms. The largest absolute Gasteiger partial charge is 0.494 e. The predicted octanol–water partition coefficient (Wildman–Crippen LogP) is 6.44. The Balaban J connectivity index is 1.88. The van der Waals surface area contributed by atoms with Crippen LogP contribution in [0.3, 0.4) is 0 Å². The standard InChI is InChI=1S/C23H24BrNO4S2/c1-4-11-29-21-18(24)12-15(13-19(21)28-6-3)14-20-22(26)25(23(30)31-20)16-7-9-17(10-8-16)27-5-2/h7-10,12-14H,4-6,11H2,1-3H3/b20-14+. The summed E-state index contributed by atoms with van der Waals surface area (Å²) in [4.78, 5) is 15.2. The van der Waals surface area contributed by atoms with Gasteiger partial charge in [0.1, 0.15) is 5.75 Å². The lowest BCUT2D eigenvalue weighted by atomic mass is 10.1. The van der Waals surface area contributed by atoms with Crippen molar-refractivity contribution in [1.82, 2.24) is 0 Å². The Hall–Kier alpha value is -2.03. The molecule has 0 saturated carbocycles. The molecule has 1 fully saturated rings. The second kappa shape index (κ2) is 11.0. The van der Waals surface area contributed by atoms with Crippen LogP contribution in [0.2, 0.25) is 0 Å². The minimum Gasteiger partial charge on any atom is -0.494 e. The van der Waals surface area contributed by atoms with E-state index in [9.17, 15) is 4.79 Å². The first-order valence-electron chi connectivity index (χ1n) is 10.1. The normalized spacial score (nSPS) is 15.0. The fourth-order valence-electron chi connectivity index (χ4n) is 2.98. The number of benzene rings is 2. The second-order valence-corrected chi connectivity index (χ2v) is 9.09. The van der Waals surface area contributed by atoms with Crippen molar-refractivity contribution in [3.05, 3.63) is 51.3 Å². The van der Waals surface area contributed by atoms with E-state index in [-0.39, 0.29) is 5.91 Å². The molecule has 5 nitrogen and oxygen atoms in total. The number of anilines is 1. The Morgan fingerprint density at radius 2 is 1.77 bits per heavy atom. The van der Waals surface area contributed by atoms with E-state index in [1.165, 1.54) is 11.8 Å². The summed E-state index contributed by atoms with van der Waals surface area (Å²) in [5.74, 6) is 1.91. The third kappa shape index (κ3) is 5.61. The summed E-state index contributed by atoms with van der Waals surface area (Å²) < 4.78 is 18.3. The van der Waals surface area contributed by atoms with Crippen LogP contribution in [0, 0.1) is 0 Å². The Morgan fingerprint density at radius 1 is 1.06 bits per heavy atom. The first-order valence-corrected chi connectivity index (χ1v) is 12.1. The van der Waals surface area contributed by atoms with Gasteiger partial charge in [-0.1, -0.05) is 30.9 Å². The summed E-state index contributed by atoms with van der Waals surface area (Å²) in [6, 6.07) is 11.1. The molecule has 1 aliphatic heterocycles. The van der Waals surface area contributed by atoms with Gasteiger partial charge in [0.15, 0.2) is 15.8 Å². The van der Waals surface area contributed by atoms with Crippen LogP contribution in [-0.4, -0.2) is 30.0 Å². The molecule has 2 aromatic rings. The molecular formula is C23H24BrNO4S2. The lowest BCUT2D eigenvalue weighted by Crippen LogP contribution is -2.27. The number of amides is 1. The van der Waals surface area contributed by atoms with E-state index >= 15 is 0 Å². The van der Waals surface area contributed by atoms with Gasteiger partial charge in [0, 0.05) is 0 Å². The number of rotatable bonds is 9. The van der Waals surface area contributed by atoms with Crippen LogP contribution >= 0.6 is 39.9 Å². The highest BCUT2D eigenvalue weighted by Gasteiger charge is 2.33. The number of halogens is 1. The number of thiocarbonyl (C=S) groups is 1.